The van der Waals surface area contributed by atoms with Crippen LogP contribution in [0.1, 0.15) is 42.6 Å². The number of rotatable bonds is 6. The van der Waals surface area contributed by atoms with Crippen LogP contribution in [0.3, 0.4) is 0 Å². The van der Waals surface area contributed by atoms with E-state index >= 15 is 0 Å². The molecule has 2 heterocycles. The fraction of sp³-hybridized carbons (Fsp3) is 0.391. The van der Waals surface area contributed by atoms with Gasteiger partial charge in [-0.1, -0.05) is 37.3 Å². The second kappa shape index (κ2) is 7.89. The van der Waals surface area contributed by atoms with E-state index in [2.05, 4.69) is 4.98 Å². The minimum absolute atomic E-state index is 0.339. The molecule has 0 unspecified atom stereocenters. The zero-order chi connectivity index (χ0) is 21.4. The van der Waals surface area contributed by atoms with Crippen molar-refractivity contribution in [3.63, 3.8) is 0 Å². The summed E-state index contributed by atoms with van der Waals surface area (Å²) in [6.07, 6.45) is 7.24. The third kappa shape index (κ3) is 3.24. The van der Waals surface area contributed by atoms with Crippen LogP contribution in [-0.4, -0.2) is 46.1 Å². The molecule has 1 N–H and O–H groups in total. The Hall–Kier alpha value is -3.22. The smallest absolute Gasteiger partial charge is 0.329 e. The predicted molar refractivity (Wildman–Crippen MR) is 110 cm³/mol. The monoisotopic (exact) mass is 408 g/mol. The van der Waals surface area contributed by atoms with Crippen molar-refractivity contribution in [1.82, 2.24) is 9.88 Å². The van der Waals surface area contributed by atoms with Crippen LogP contribution in [-0.2, 0) is 25.5 Å². The summed E-state index contributed by atoms with van der Waals surface area (Å²) in [5.41, 5.74) is 2.44. The molecule has 0 saturated carbocycles. The number of esters is 1. The Morgan fingerprint density at radius 3 is 2.47 bits per heavy atom. The van der Waals surface area contributed by atoms with Crippen LogP contribution in [0.5, 0.6) is 0 Å². The highest BCUT2D eigenvalue weighted by Gasteiger charge is 2.50. The molecule has 156 valence electrons. The normalized spacial score (nSPS) is 21.7. The Morgan fingerprint density at radius 1 is 1.17 bits per heavy atom. The standard InChI is InChI=1S/C23H24N2O5/c1-3-14-7-6-10-15-18(11-24-20(14)15)19(26)12-30-23(29)13(2)25-21(27)16-8-4-5-9-17(16)22(25)28/h4-7,10-11,13,16-17,24H,3,8-9,12H2,1-2H3/t13-,16-,17+/m0/s1. The van der Waals surface area contributed by atoms with Gasteiger partial charge in [0.1, 0.15) is 6.04 Å². The average molecular weight is 408 g/mol. The summed E-state index contributed by atoms with van der Waals surface area (Å²) in [6, 6.07) is 4.67. The maximum absolute atomic E-state index is 12.6. The largest absolute Gasteiger partial charge is 0.456 e. The molecule has 0 radical (unpaired) electrons. The molecule has 2 aliphatic rings. The number of benzene rings is 1. The van der Waals surface area contributed by atoms with Gasteiger partial charge >= 0.3 is 5.97 Å². The second-order valence-corrected chi connectivity index (χ2v) is 7.80. The van der Waals surface area contributed by atoms with Crippen molar-refractivity contribution in [2.45, 2.75) is 39.2 Å². The first-order valence-electron chi connectivity index (χ1n) is 10.2. The number of aryl methyl sites for hydroxylation is 1. The lowest BCUT2D eigenvalue weighted by molar-refractivity contribution is -0.157. The number of para-hydroxylation sites is 1. The molecule has 4 rings (SSSR count). The number of ketones is 1. The van der Waals surface area contributed by atoms with Gasteiger partial charge in [0.15, 0.2) is 6.61 Å². The molecule has 2 aromatic rings. The molecular formula is C23H24N2O5. The molecule has 30 heavy (non-hydrogen) atoms. The molecule has 1 aliphatic carbocycles. The van der Waals surface area contributed by atoms with Crippen molar-refractivity contribution in [1.29, 1.82) is 0 Å². The van der Waals surface area contributed by atoms with E-state index in [0.29, 0.717) is 18.4 Å². The first-order valence-corrected chi connectivity index (χ1v) is 10.2. The maximum atomic E-state index is 12.6. The number of carbonyl (C=O) groups is 4. The third-order valence-electron chi connectivity index (χ3n) is 6.10. The van der Waals surface area contributed by atoms with Gasteiger partial charge in [0.2, 0.25) is 17.6 Å². The number of imide groups is 1. The number of allylic oxidation sites excluding steroid dienone is 2. The Balaban J connectivity index is 1.43. The SMILES string of the molecule is CCc1cccc2c(C(=O)COC(=O)[C@H](C)N3C(=O)[C@H]4CC=CC[C@H]4C3=O)c[nH]c12. The van der Waals surface area contributed by atoms with E-state index in [1.165, 1.54) is 6.92 Å². The summed E-state index contributed by atoms with van der Waals surface area (Å²) in [4.78, 5) is 54.5. The average Bonchev–Trinajstić information content (AvgIpc) is 3.31. The predicted octanol–water partition coefficient (Wildman–Crippen LogP) is 2.80. The molecule has 7 heteroatoms. The van der Waals surface area contributed by atoms with E-state index in [1.54, 1.807) is 6.20 Å². The van der Waals surface area contributed by atoms with Gasteiger partial charge in [0, 0.05) is 22.7 Å². The summed E-state index contributed by atoms with van der Waals surface area (Å²) in [6.45, 7) is 3.05. The quantitative estimate of drug-likeness (QED) is 0.343. The first kappa shape index (κ1) is 20.1. The van der Waals surface area contributed by atoms with Gasteiger partial charge < -0.3 is 9.72 Å². The number of amides is 2. The van der Waals surface area contributed by atoms with E-state index < -0.39 is 30.5 Å². The van der Waals surface area contributed by atoms with Gasteiger partial charge in [0.25, 0.3) is 0 Å². The van der Waals surface area contributed by atoms with E-state index in [4.69, 9.17) is 4.74 Å². The summed E-state index contributed by atoms with van der Waals surface area (Å²) in [5, 5.41) is 0.782. The number of likely N-dealkylation sites (tertiary alicyclic amines) is 1. The molecule has 1 aromatic heterocycles. The minimum atomic E-state index is -1.06. The molecule has 3 atom stereocenters. The second-order valence-electron chi connectivity index (χ2n) is 7.80. The Morgan fingerprint density at radius 2 is 1.83 bits per heavy atom. The van der Waals surface area contributed by atoms with Crippen LogP contribution in [0.2, 0.25) is 0 Å². The van der Waals surface area contributed by atoms with E-state index in [9.17, 15) is 19.2 Å². The van der Waals surface area contributed by atoms with Crippen molar-refractivity contribution in [3.05, 3.63) is 47.7 Å². The molecule has 1 aromatic carbocycles. The topological polar surface area (TPSA) is 96.5 Å². The van der Waals surface area contributed by atoms with Crippen LogP contribution < -0.4 is 0 Å². The highest BCUT2D eigenvalue weighted by molar-refractivity contribution is 6.10. The lowest BCUT2D eigenvalue weighted by atomic mass is 9.85. The summed E-state index contributed by atoms with van der Waals surface area (Å²) < 4.78 is 5.19. The lowest BCUT2D eigenvalue weighted by Crippen LogP contribution is -2.44. The number of aromatic amines is 1. The molecular weight excluding hydrogens is 384 g/mol. The van der Waals surface area contributed by atoms with Crippen LogP contribution >= 0.6 is 0 Å². The van der Waals surface area contributed by atoms with Crippen molar-refractivity contribution in [3.8, 4) is 0 Å². The lowest BCUT2D eigenvalue weighted by Gasteiger charge is -2.21. The third-order valence-corrected chi connectivity index (χ3v) is 6.10. The summed E-state index contributed by atoms with van der Waals surface area (Å²) in [7, 11) is 0. The van der Waals surface area contributed by atoms with Gasteiger partial charge in [-0.3, -0.25) is 19.3 Å². The van der Waals surface area contributed by atoms with Gasteiger partial charge in [0.05, 0.1) is 11.8 Å². The van der Waals surface area contributed by atoms with Gasteiger partial charge in [-0.05, 0) is 31.7 Å². The van der Waals surface area contributed by atoms with Crippen LogP contribution in [0, 0.1) is 11.8 Å². The Bertz CT molecular complexity index is 1040. The molecule has 1 saturated heterocycles. The van der Waals surface area contributed by atoms with Crippen LogP contribution in [0.25, 0.3) is 10.9 Å². The highest BCUT2D eigenvalue weighted by atomic mass is 16.5. The van der Waals surface area contributed by atoms with Crippen molar-refractivity contribution < 1.29 is 23.9 Å². The zero-order valence-corrected chi connectivity index (χ0v) is 17.0. The molecule has 7 nitrogen and oxygen atoms in total. The zero-order valence-electron chi connectivity index (χ0n) is 17.0. The summed E-state index contributed by atoms with van der Waals surface area (Å²) >= 11 is 0. The number of hydrogen-bond acceptors (Lipinski definition) is 5. The number of carbonyl (C=O) groups excluding carboxylic acids is 4. The van der Waals surface area contributed by atoms with E-state index in [0.717, 1.165) is 27.8 Å². The Labute approximate surface area is 174 Å². The number of nitrogens with zero attached hydrogens (tertiary/aromatic N) is 1. The molecule has 1 fully saturated rings. The van der Waals surface area contributed by atoms with Crippen molar-refractivity contribution in [2.24, 2.45) is 11.8 Å². The fourth-order valence-corrected chi connectivity index (χ4v) is 4.39. The van der Waals surface area contributed by atoms with Crippen LogP contribution in [0.4, 0.5) is 0 Å². The maximum Gasteiger partial charge on any atom is 0.329 e. The van der Waals surface area contributed by atoms with Crippen molar-refractivity contribution >= 4 is 34.5 Å². The highest BCUT2D eigenvalue weighted by Crippen LogP contribution is 2.36. The number of nitrogens with one attached hydrogen (secondary N) is 1. The molecule has 2 amide bonds. The molecule has 0 bridgehead atoms. The van der Waals surface area contributed by atoms with Gasteiger partial charge in [-0.15, -0.1) is 0 Å². The summed E-state index contributed by atoms with van der Waals surface area (Å²) in [5.74, 6) is -2.59. The van der Waals surface area contributed by atoms with E-state index in [-0.39, 0.29) is 17.6 Å². The Kier molecular flexibility index (Phi) is 5.28. The number of aromatic nitrogens is 1. The van der Waals surface area contributed by atoms with Gasteiger partial charge in [-0.2, -0.15) is 0 Å². The number of ether oxygens (including phenoxy) is 1. The fourth-order valence-electron chi connectivity index (χ4n) is 4.39. The molecule has 1 aliphatic heterocycles. The van der Waals surface area contributed by atoms with E-state index in [1.807, 2.05) is 37.3 Å². The number of H-pyrrole nitrogens is 1. The number of Topliss-reactive ketones (excluding diaryl/α,β-unsaturated/α-hetero) is 1. The first-order chi connectivity index (χ1) is 14.4. The molecule has 0 spiro atoms. The van der Waals surface area contributed by atoms with Crippen LogP contribution in [0.15, 0.2) is 36.5 Å². The van der Waals surface area contributed by atoms with Crippen molar-refractivity contribution in [2.75, 3.05) is 6.61 Å². The minimum Gasteiger partial charge on any atom is -0.456 e. The number of hydrogen-bond donors (Lipinski definition) is 1. The van der Waals surface area contributed by atoms with Gasteiger partial charge in [-0.25, -0.2) is 4.79 Å². The number of fused-ring (bicyclic) bond motifs is 2.